The van der Waals surface area contributed by atoms with Gasteiger partial charge in [0.05, 0.1) is 11.8 Å². The summed E-state index contributed by atoms with van der Waals surface area (Å²) in [4.78, 5) is 10.4. The fourth-order valence-electron chi connectivity index (χ4n) is 1.42. The summed E-state index contributed by atoms with van der Waals surface area (Å²) in [6, 6.07) is 5.37. The number of carbonyl (C=O) groups excluding carboxylic acids is 1. The van der Waals surface area contributed by atoms with E-state index in [1.165, 1.54) is 24.4 Å². The van der Waals surface area contributed by atoms with Crippen LogP contribution in [0, 0.1) is 11.6 Å². The molecule has 0 saturated heterocycles. The van der Waals surface area contributed by atoms with Crippen molar-refractivity contribution in [3.63, 3.8) is 0 Å². The highest BCUT2D eigenvalue weighted by Gasteiger charge is 2.10. The molecule has 19 heavy (non-hydrogen) atoms. The molecule has 2 amide bonds. The Labute approximate surface area is 106 Å². The Bertz CT molecular complexity index is 638. The third-order valence-corrected chi connectivity index (χ3v) is 2.19. The Kier molecular flexibility index (Phi) is 3.56. The lowest BCUT2D eigenvalue weighted by Gasteiger charge is -1.98. The predicted molar refractivity (Wildman–Crippen MR) is 64.4 cm³/mol. The Morgan fingerprint density at radius 3 is 2.79 bits per heavy atom. The number of nitrogens with one attached hydrogen (secondary N) is 1. The van der Waals surface area contributed by atoms with E-state index in [1.54, 1.807) is 0 Å². The van der Waals surface area contributed by atoms with Crippen LogP contribution in [0.15, 0.2) is 39.9 Å². The number of furan rings is 1. The van der Waals surface area contributed by atoms with E-state index in [0.29, 0.717) is 0 Å². The molecule has 2 rings (SSSR count). The second-order valence-electron chi connectivity index (χ2n) is 3.56. The number of amides is 2. The second kappa shape index (κ2) is 5.30. The highest BCUT2D eigenvalue weighted by Crippen LogP contribution is 2.24. The van der Waals surface area contributed by atoms with Crippen molar-refractivity contribution in [3.05, 3.63) is 47.7 Å². The topological polar surface area (TPSA) is 80.6 Å². The maximum atomic E-state index is 13.5. The molecule has 3 N–H and O–H groups in total. The molecule has 0 bridgehead atoms. The third kappa shape index (κ3) is 3.15. The summed E-state index contributed by atoms with van der Waals surface area (Å²) in [6.45, 7) is 0. The van der Waals surface area contributed by atoms with Crippen LogP contribution in [-0.4, -0.2) is 12.2 Å². The quantitative estimate of drug-likeness (QED) is 0.659. The summed E-state index contributed by atoms with van der Waals surface area (Å²) in [5, 5.41) is 3.49. The molecule has 0 unspecified atom stereocenters. The number of benzene rings is 1. The predicted octanol–water partition coefficient (Wildman–Crippen LogP) is 2.23. The summed E-state index contributed by atoms with van der Waals surface area (Å²) in [6.07, 6.45) is 1.20. The van der Waals surface area contributed by atoms with Crippen LogP contribution in [0.5, 0.6) is 0 Å². The zero-order valence-electron chi connectivity index (χ0n) is 9.56. The molecular weight excluding hydrogens is 256 g/mol. The van der Waals surface area contributed by atoms with Gasteiger partial charge in [-0.05, 0) is 24.3 Å². The molecular formula is C12H9F2N3O2. The fraction of sp³-hybridized carbons (Fsp3) is 0. The largest absolute Gasteiger partial charge is 0.455 e. The van der Waals surface area contributed by atoms with E-state index in [9.17, 15) is 13.6 Å². The molecule has 1 aromatic carbocycles. The van der Waals surface area contributed by atoms with Gasteiger partial charge in [-0.3, -0.25) is 0 Å². The first-order valence-electron chi connectivity index (χ1n) is 5.20. The minimum Gasteiger partial charge on any atom is -0.455 e. The lowest BCUT2D eigenvalue weighted by atomic mass is 10.1. The highest BCUT2D eigenvalue weighted by atomic mass is 19.1. The average Bonchev–Trinajstić information content (AvgIpc) is 2.77. The lowest BCUT2D eigenvalue weighted by Crippen LogP contribution is -2.24. The third-order valence-electron chi connectivity index (χ3n) is 2.19. The van der Waals surface area contributed by atoms with Gasteiger partial charge in [-0.25, -0.2) is 19.0 Å². The summed E-state index contributed by atoms with van der Waals surface area (Å²) in [5.41, 5.74) is 6.92. The first-order chi connectivity index (χ1) is 9.06. The molecule has 1 aromatic heterocycles. The monoisotopic (exact) mass is 265 g/mol. The van der Waals surface area contributed by atoms with Gasteiger partial charge in [0, 0.05) is 6.07 Å². The molecule has 0 aliphatic carbocycles. The second-order valence-corrected chi connectivity index (χ2v) is 3.56. The van der Waals surface area contributed by atoms with Crippen molar-refractivity contribution in [3.8, 4) is 11.3 Å². The van der Waals surface area contributed by atoms with Crippen molar-refractivity contribution in [2.45, 2.75) is 0 Å². The number of nitrogens with two attached hydrogens (primary N) is 1. The van der Waals surface area contributed by atoms with Gasteiger partial charge in [0.2, 0.25) is 0 Å². The normalized spacial score (nSPS) is 10.8. The highest BCUT2D eigenvalue weighted by molar-refractivity contribution is 5.79. The van der Waals surface area contributed by atoms with Gasteiger partial charge in [-0.15, -0.1) is 0 Å². The van der Waals surface area contributed by atoms with E-state index in [-0.39, 0.29) is 17.1 Å². The molecule has 7 heteroatoms. The number of hydrogen-bond acceptors (Lipinski definition) is 3. The van der Waals surface area contributed by atoms with E-state index in [0.717, 1.165) is 12.1 Å². The summed E-state index contributed by atoms with van der Waals surface area (Å²) < 4.78 is 31.5. The zero-order valence-corrected chi connectivity index (χ0v) is 9.56. The number of hydrazone groups is 1. The van der Waals surface area contributed by atoms with Crippen molar-refractivity contribution in [2.24, 2.45) is 10.8 Å². The average molecular weight is 265 g/mol. The number of nitrogens with zero attached hydrogens (tertiary/aromatic N) is 1. The van der Waals surface area contributed by atoms with Crippen LogP contribution >= 0.6 is 0 Å². The van der Waals surface area contributed by atoms with E-state index in [4.69, 9.17) is 10.2 Å². The van der Waals surface area contributed by atoms with Gasteiger partial charge in [0.25, 0.3) is 0 Å². The molecule has 0 spiro atoms. The van der Waals surface area contributed by atoms with Crippen LogP contribution in [0.3, 0.4) is 0 Å². The molecule has 5 nitrogen and oxygen atoms in total. The van der Waals surface area contributed by atoms with Gasteiger partial charge in [0.15, 0.2) is 0 Å². The SMILES string of the molecule is NC(=O)N/N=C\c1ccc(-c2ccc(F)cc2F)o1. The smallest absolute Gasteiger partial charge is 0.332 e. The van der Waals surface area contributed by atoms with Crippen molar-refractivity contribution in [1.82, 2.24) is 5.43 Å². The number of urea groups is 1. The van der Waals surface area contributed by atoms with E-state index in [1.807, 2.05) is 5.43 Å². The number of primary amides is 1. The van der Waals surface area contributed by atoms with Crippen molar-refractivity contribution in [2.75, 3.05) is 0 Å². The van der Waals surface area contributed by atoms with Gasteiger partial charge < -0.3 is 10.2 Å². The van der Waals surface area contributed by atoms with Gasteiger partial charge in [0.1, 0.15) is 23.2 Å². The first kappa shape index (κ1) is 12.7. The molecule has 0 atom stereocenters. The Morgan fingerprint density at radius 1 is 1.32 bits per heavy atom. The molecule has 0 saturated carbocycles. The van der Waals surface area contributed by atoms with Gasteiger partial charge in [-0.1, -0.05) is 0 Å². The van der Waals surface area contributed by atoms with Crippen LogP contribution < -0.4 is 11.2 Å². The molecule has 1 heterocycles. The number of rotatable bonds is 3. The molecule has 98 valence electrons. The van der Waals surface area contributed by atoms with Crippen molar-refractivity contribution >= 4 is 12.2 Å². The first-order valence-corrected chi connectivity index (χ1v) is 5.20. The Balaban J connectivity index is 2.21. The maximum Gasteiger partial charge on any atom is 0.332 e. The van der Waals surface area contributed by atoms with Gasteiger partial charge >= 0.3 is 6.03 Å². The lowest BCUT2D eigenvalue weighted by molar-refractivity contribution is 0.249. The van der Waals surface area contributed by atoms with Gasteiger partial charge in [-0.2, -0.15) is 5.10 Å². The van der Waals surface area contributed by atoms with Crippen molar-refractivity contribution in [1.29, 1.82) is 0 Å². The van der Waals surface area contributed by atoms with Crippen LogP contribution in [0.25, 0.3) is 11.3 Å². The Hall–Kier alpha value is -2.70. The number of carbonyl (C=O) groups is 1. The molecule has 0 fully saturated rings. The number of hydrogen-bond donors (Lipinski definition) is 2. The molecule has 0 aliphatic heterocycles. The fourth-order valence-corrected chi connectivity index (χ4v) is 1.42. The van der Waals surface area contributed by atoms with Crippen LogP contribution in [0.2, 0.25) is 0 Å². The number of halogens is 2. The molecule has 0 aliphatic rings. The minimum absolute atomic E-state index is 0.129. The zero-order chi connectivity index (χ0) is 13.8. The van der Waals surface area contributed by atoms with Crippen LogP contribution in [0.4, 0.5) is 13.6 Å². The van der Waals surface area contributed by atoms with Crippen LogP contribution in [-0.2, 0) is 0 Å². The standard InChI is InChI=1S/C12H9F2N3O2/c13-7-1-3-9(10(14)5-7)11-4-2-8(19-11)6-16-17-12(15)18/h1-6H,(H3,15,17,18)/b16-6-. The molecule has 0 radical (unpaired) electrons. The van der Waals surface area contributed by atoms with Crippen molar-refractivity contribution < 1.29 is 18.0 Å². The summed E-state index contributed by atoms with van der Waals surface area (Å²) in [7, 11) is 0. The summed E-state index contributed by atoms with van der Waals surface area (Å²) >= 11 is 0. The van der Waals surface area contributed by atoms with Crippen LogP contribution in [0.1, 0.15) is 5.76 Å². The minimum atomic E-state index is -0.812. The van der Waals surface area contributed by atoms with E-state index < -0.39 is 17.7 Å². The van der Waals surface area contributed by atoms with E-state index >= 15 is 0 Å². The maximum absolute atomic E-state index is 13.5. The Morgan fingerprint density at radius 2 is 2.11 bits per heavy atom. The molecule has 2 aromatic rings. The summed E-state index contributed by atoms with van der Waals surface area (Å²) in [5.74, 6) is -0.890. The van der Waals surface area contributed by atoms with E-state index in [2.05, 4.69) is 5.10 Å².